The number of ether oxygens (including phenoxy) is 2. The predicted molar refractivity (Wildman–Crippen MR) is 71.6 cm³/mol. The van der Waals surface area contributed by atoms with Crippen molar-refractivity contribution in [3.63, 3.8) is 0 Å². The molecule has 0 aliphatic rings. The van der Waals surface area contributed by atoms with E-state index in [0.29, 0.717) is 6.61 Å². The van der Waals surface area contributed by atoms with Gasteiger partial charge in [-0.05, 0) is 25.1 Å². The Labute approximate surface area is 115 Å². The molecule has 6 heteroatoms. The molecule has 0 spiro atoms. The van der Waals surface area contributed by atoms with Crippen LogP contribution in [-0.4, -0.2) is 26.2 Å². The summed E-state index contributed by atoms with van der Waals surface area (Å²) in [5.74, 6) is -1.01. The Balaban J connectivity index is 3.18. The number of halogens is 2. The summed E-state index contributed by atoms with van der Waals surface area (Å²) in [7, 11) is 1.23. The van der Waals surface area contributed by atoms with Crippen molar-refractivity contribution in [3.05, 3.63) is 34.1 Å². The zero-order chi connectivity index (χ0) is 14.4. The second kappa shape index (κ2) is 7.11. The Kier molecular flexibility index (Phi) is 5.79. The fraction of sp³-hybridized carbons (Fsp3) is 0.308. The summed E-state index contributed by atoms with van der Waals surface area (Å²) in [6, 6.07) is 3.00. The minimum absolute atomic E-state index is 0.0586. The second-order valence-corrected chi connectivity index (χ2v) is 3.96. The number of carbonyl (C=O) groups is 1. The van der Waals surface area contributed by atoms with Crippen LogP contribution >= 0.6 is 11.6 Å². The highest BCUT2D eigenvalue weighted by Crippen LogP contribution is 2.30. The van der Waals surface area contributed by atoms with Gasteiger partial charge in [-0.25, -0.2) is 9.18 Å². The number of esters is 1. The van der Waals surface area contributed by atoms with Gasteiger partial charge in [0.2, 0.25) is 0 Å². The summed E-state index contributed by atoms with van der Waals surface area (Å²) in [6.07, 6.45) is 1.31. The topological polar surface area (TPSA) is 61.5 Å². The third kappa shape index (κ3) is 3.68. The molecule has 2 N–H and O–H groups in total. The smallest absolute Gasteiger partial charge is 0.335 e. The van der Waals surface area contributed by atoms with Crippen LogP contribution in [0.4, 0.5) is 4.39 Å². The van der Waals surface area contributed by atoms with Crippen molar-refractivity contribution < 1.29 is 18.7 Å². The number of rotatable bonds is 5. The highest BCUT2D eigenvalue weighted by molar-refractivity contribution is 6.32. The van der Waals surface area contributed by atoms with Crippen LogP contribution in [0.1, 0.15) is 12.5 Å². The average molecular weight is 288 g/mol. The van der Waals surface area contributed by atoms with E-state index in [2.05, 4.69) is 4.74 Å². The van der Waals surface area contributed by atoms with Gasteiger partial charge in [-0.15, -0.1) is 0 Å². The van der Waals surface area contributed by atoms with Crippen LogP contribution in [0.2, 0.25) is 5.02 Å². The summed E-state index contributed by atoms with van der Waals surface area (Å²) in [5.41, 5.74) is 5.72. The van der Waals surface area contributed by atoms with Crippen LogP contribution in [0, 0.1) is 5.82 Å². The van der Waals surface area contributed by atoms with Crippen molar-refractivity contribution in [1.29, 1.82) is 0 Å². The molecule has 0 aliphatic heterocycles. The molecule has 0 amide bonds. The zero-order valence-electron chi connectivity index (χ0n) is 10.7. The highest BCUT2D eigenvalue weighted by Gasteiger charge is 2.14. The Morgan fingerprint density at radius 1 is 1.53 bits per heavy atom. The van der Waals surface area contributed by atoms with E-state index in [-0.39, 0.29) is 28.5 Å². The van der Waals surface area contributed by atoms with Gasteiger partial charge in [-0.1, -0.05) is 11.6 Å². The highest BCUT2D eigenvalue weighted by atomic mass is 35.5. The van der Waals surface area contributed by atoms with Crippen molar-refractivity contribution in [2.24, 2.45) is 5.73 Å². The lowest BCUT2D eigenvalue weighted by Crippen LogP contribution is -2.14. The SMILES string of the molecule is CCOc1ccc(/C=C(\CN)C(=O)OC)c(F)c1Cl. The minimum Gasteiger partial charge on any atom is -0.492 e. The van der Waals surface area contributed by atoms with Crippen LogP contribution in [0.3, 0.4) is 0 Å². The van der Waals surface area contributed by atoms with E-state index in [1.807, 2.05) is 0 Å². The lowest BCUT2D eigenvalue weighted by Gasteiger charge is -2.09. The molecule has 0 atom stereocenters. The molecule has 0 saturated heterocycles. The molecule has 19 heavy (non-hydrogen) atoms. The lowest BCUT2D eigenvalue weighted by molar-refractivity contribution is -0.136. The number of carbonyl (C=O) groups excluding carboxylic acids is 1. The maximum atomic E-state index is 14.0. The molecule has 0 unspecified atom stereocenters. The van der Waals surface area contributed by atoms with E-state index >= 15 is 0 Å². The quantitative estimate of drug-likeness (QED) is 0.667. The molecule has 0 fully saturated rings. The number of hydrogen-bond donors (Lipinski definition) is 1. The standard InChI is InChI=1S/C13H15ClFNO3/c1-3-19-10-5-4-8(12(15)11(10)14)6-9(7-16)13(17)18-2/h4-6H,3,7,16H2,1-2H3/b9-6+. The number of benzene rings is 1. The van der Waals surface area contributed by atoms with Gasteiger partial charge >= 0.3 is 5.97 Å². The molecule has 0 heterocycles. The van der Waals surface area contributed by atoms with Crippen LogP contribution in [0.15, 0.2) is 17.7 Å². The maximum absolute atomic E-state index is 14.0. The van der Waals surface area contributed by atoms with Crippen molar-refractivity contribution in [1.82, 2.24) is 0 Å². The van der Waals surface area contributed by atoms with Gasteiger partial charge in [0.1, 0.15) is 10.8 Å². The number of nitrogens with two attached hydrogens (primary N) is 1. The Morgan fingerprint density at radius 2 is 2.21 bits per heavy atom. The Hall–Kier alpha value is -1.59. The number of hydrogen-bond acceptors (Lipinski definition) is 4. The van der Waals surface area contributed by atoms with Crippen LogP contribution in [0.25, 0.3) is 6.08 Å². The summed E-state index contributed by atoms with van der Waals surface area (Å²) in [6.45, 7) is 2.09. The van der Waals surface area contributed by atoms with Gasteiger partial charge < -0.3 is 15.2 Å². The third-order valence-corrected chi connectivity index (χ3v) is 2.73. The first-order valence-corrected chi connectivity index (χ1v) is 6.02. The van der Waals surface area contributed by atoms with Gasteiger partial charge in [-0.2, -0.15) is 0 Å². The van der Waals surface area contributed by atoms with Gasteiger partial charge in [-0.3, -0.25) is 0 Å². The molecule has 1 aromatic rings. The first-order valence-electron chi connectivity index (χ1n) is 5.64. The molecule has 0 radical (unpaired) electrons. The molecule has 1 rings (SSSR count). The average Bonchev–Trinajstić information content (AvgIpc) is 2.42. The summed E-state index contributed by atoms with van der Waals surface area (Å²) in [4.78, 5) is 11.4. The molecular formula is C13H15ClFNO3. The van der Waals surface area contributed by atoms with Gasteiger partial charge in [0.05, 0.1) is 19.3 Å². The first-order chi connectivity index (χ1) is 9.04. The van der Waals surface area contributed by atoms with E-state index in [9.17, 15) is 9.18 Å². The van der Waals surface area contributed by atoms with Crippen LogP contribution < -0.4 is 10.5 Å². The van der Waals surface area contributed by atoms with Crippen LogP contribution in [0.5, 0.6) is 5.75 Å². The first kappa shape index (κ1) is 15.5. The van der Waals surface area contributed by atoms with Crippen molar-refractivity contribution >= 4 is 23.6 Å². The van der Waals surface area contributed by atoms with Gasteiger partial charge in [0.15, 0.2) is 5.82 Å². The maximum Gasteiger partial charge on any atom is 0.335 e. The molecule has 0 bridgehead atoms. The van der Waals surface area contributed by atoms with E-state index in [4.69, 9.17) is 22.1 Å². The Morgan fingerprint density at radius 3 is 2.74 bits per heavy atom. The monoisotopic (exact) mass is 287 g/mol. The van der Waals surface area contributed by atoms with Crippen LogP contribution in [-0.2, 0) is 9.53 Å². The normalized spacial score (nSPS) is 11.3. The molecule has 0 aliphatic carbocycles. The largest absolute Gasteiger partial charge is 0.492 e. The third-order valence-electron chi connectivity index (χ3n) is 2.37. The Bertz CT molecular complexity index is 503. The molecule has 0 saturated carbocycles. The molecule has 0 aromatic heterocycles. The van der Waals surface area contributed by atoms with Crippen molar-refractivity contribution in [2.75, 3.05) is 20.3 Å². The fourth-order valence-electron chi connectivity index (χ4n) is 1.45. The molecule has 4 nitrogen and oxygen atoms in total. The second-order valence-electron chi connectivity index (χ2n) is 3.58. The zero-order valence-corrected chi connectivity index (χ0v) is 11.5. The lowest BCUT2D eigenvalue weighted by atomic mass is 10.1. The molecule has 104 valence electrons. The molecular weight excluding hydrogens is 273 g/mol. The summed E-state index contributed by atoms with van der Waals surface area (Å²) < 4.78 is 23.7. The molecule has 1 aromatic carbocycles. The fourth-order valence-corrected chi connectivity index (χ4v) is 1.67. The summed E-state index contributed by atoms with van der Waals surface area (Å²) >= 11 is 5.84. The summed E-state index contributed by atoms with van der Waals surface area (Å²) in [5, 5.41) is -0.128. The predicted octanol–water partition coefficient (Wildman–Crippen LogP) is 2.39. The minimum atomic E-state index is -0.664. The van der Waals surface area contributed by atoms with Crippen molar-refractivity contribution in [3.8, 4) is 5.75 Å². The van der Waals surface area contributed by atoms with Crippen molar-refractivity contribution in [2.45, 2.75) is 6.92 Å². The van der Waals surface area contributed by atoms with E-state index in [1.165, 1.54) is 25.3 Å². The van der Waals surface area contributed by atoms with E-state index in [1.54, 1.807) is 6.92 Å². The van der Waals surface area contributed by atoms with E-state index in [0.717, 1.165) is 0 Å². The van der Waals surface area contributed by atoms with E-state index < -0.39 is 11.8 Å². The van der Waals surface area contributed by atoms with Gasteiger partial charge in [0, 0.05) is 12.1 Å². The van der Waals surface area contributed by atoms with Gasteiger partial charge in [0.25, 0.3) is 0 Å². The number of methoxy groups -OCH3 is 1.